The molecule has 1 atom stereocenters. The lowest BCUT2D eigenvalue weighted by Gasteiger charge is -2.26. The van der Waals surface area contributed by atoms with E-state index < -0.39 is 5.92 Å². The number of aryl methyl sites for hydroxylation is 1. The molecule has 0 fully saturated rings. The summed E-state index contributed by atoms with van der Waals surface area (Å²) in [6, 6.07) is 13.5. The summed E-state index contributed by atoms with van der Waals surface area (Å²) < 4.78 is 10.8. The maximum Gasteiger partial charge on any atom is 0.257 e. The highest BCUT2D eigenvalue weighted by Crippen LogP contribution is 2.40. The van der Waals surface area contributed by atoms with E-state index in [1.807, 2.05) is 25.1 Å². The van der Waals surface area contributed by atoms with Crippen molar-refractivity contribution in [3.63, 3.8) is 0 Å². The Balaban J connectivity index is 1.70. The highest BCUT2D eigenvalue weighted by Gasteiger charge is 2.33. The largest absolute Gasteiger partial charge is 0.497 e. The molecule has 7 nitrogen and oxygen atoms in total. The first-order valence-corrected chi connectivity index (χ1v) is 10.8. The zero-order valence-electron chi connectivity index (χ0n) is 17.5. The van der Waals surface area contributed by atoms with Crippen LogP contribution in [0.15, 0.2) is 52.4 Å². The van der Waals surface area contributed by atoms with Gasteiger partial charge in [-0.05, 0) is 30.7 Å². The molecule has 4 rings (SSSR count). The highest BCUT2D eigenvalue weighted by atomic mass is 32.2. The number of carbonyl (C=O) groups is 1. The minimum atomic E-state index is -0.485. The molecule has 1 aliphatic heterocycles. The van der Waals surface area contributed by atoms with Crippen LogP contribution in [0, 0.1) is 6.92 Å². The van der Waals surface area contributed by atoms with Crippen LogP contribution in [0.1, 0.15) is 34.6 Å². The van der Waals surface area contributed by atoms with Crippen LogP contribution in [0.4, 0.5) is 5.82 Å². The molecule has 1 amide bonds. The summed E-state index contributed by atoms with van der Waals surface area (Å²) in [6.07, 6.45) is 0.122. The Hall–Kier alpha value is -3.26. The Morgan fingerprint density at radius 1 is 1.13 bits per heavy atom. The number of anilines is 1. The number of H-pyrrole nitrogens is 1. The maximum absolute atomic E-state index is 13.1. The molecule has 2 heterocycles. The first-order chi connectivity index (χ1) is 15.0. The predicted octanol–water partition coefficient (Wildman–Crippen LogP) is 3.86. The van der Waals surface area contributed by atoms with Crippen LogP contribution in [0.5, 0.6) is 11.5 Å². The molecule has 2 aromatic carbocycles. The molecule has 0 radical (unpaired) electrons. The molecule has 0 spiro atoms. The molecule has 160 valence electrons. The number of benzene rings is 2. The summed E-state index contributed by atoms with van der Waals surface area (Å²) >= 11 is 1.42. The van der Waals surface area contributed by atoms with E-state index in [1.54, 1.807) is 32.4 Å². The molecule has 0 aliphatic carbocycles. The van der Waals surface area contributed by atoms with Crippen LogP contribution in [0.3, 0.4) is 0 Å². The lowest BCUT2D eigenvalue weighted by Crippen LogP contribution is -2.31. The molecular formula is C23H23N3O4S. The summed E-state index contributed by atoms with van der Waals surface area (Å²) in [4.78, 5) is 32.9. The Bertz CT molecular complexity index is 1190. The van der Waals surface area contributed by atoms with Crippen LogP contribution < -0.4 is 20.3 Å². The average molecular weight is 438 g/mol. The van der Waals surface area contributed by atoms with Crippen molar-refractivity contribution in [3.8, 4) is 11.5 Å². The Morgan fingerprint density at radius 3 is 2.71 bits per heavy atom. The molecule has 0 saturated carbocycles. The molecule has 3 aromatic rings. The molecule has 0 bridgehead atoms. The summed E-state index contributed by atoms with van der Waals surface area (Å²) in [5.41, 5.74) is 3.17. The Labute approximate surface area is 184 Å². The van der Waals surface area contributed by atoms with Gasteiger partial charge in [0.05, 0.1) is 19.8 Å². The topological polar surface area (TPSA) is 93.3 Å². The summed E-state index contributed by atoms with van der Waals surface area (Å²) in [5, 5.41) is 3.22. The van der Waals surface area contributed by atoms with Gasteiger partial charge < -0.3 is 19.8 Å². The summed E-state index contributed by atoms with van der Waals surface area (Å²) in [7, 11) is 3.13. The van der Waals surface area contributed by atoms with E-state index in [0.717, 1.165) is 5.56 Å². The van der Waals surface area contributed by atoms with E-state index >= 15 is 0 Å². The average Bonchev–Trinajstić information content (AvgIpc) is 2.76. The smallest absolute Gasteiger partial charge is 0.257 e. The third kappa shape index (κ3) is 4.44. The van der Waals surface area contributed by atoms with Crippen molar-refractivity contribution in [2.45, 2.75) is 30.2 Å². The zero-order chi connectivity index (χ0) is 22.0. The van der Waals surface area contributed by atoms with E-state index in [2.05, 4.69) is 21.4 Å². The SMILES string of the molecule is COc1ccc(OC)c([C@H]2CC(=O)Nc3nc(SCc4cccc(C)c4)[nH]c(=O)c32)c1. The summed E-state index contributed by atoms with van der Waals surface area (Å²) in [5.74, 6) is 1.48. The minimum absolute atomic E-state index is 0.122. The zero-order valence-corrected chi connectivity index (χ0v) is 18.3. The molecule has 8 heteroatoms. The van der Waals surface area contributed by atoms with Crippen molar-refractivity contribution in [1.29, 1.82) is 0 Å². The maximum atomic E-state index is 13.1. The van der Waals surface area contributed by atoms with Gasteiger partial charge in [0.15, 0.2) is 5.16 Å². The number of hydrogen-bond acceptors (Lipinski definition) is 6. The fraction of sp³-hybridized carbons (Fsp3) is 0.261. The monoisotopic (exact) mass is 437 g/mol. The van der Waals surface area contributed by atoms with Gasteiger partial charge in [-0.25, -0.2) is 4.98 Å². The number of thioether (sulfide) groups is 1. The van der Waals surface area contributed by atoms with Gasteiger partial charge in [0.1, 0.15) is 17.3 Å². The van der Waals surface area contributed by atoms with E-state index in [0.29, 0.717) is 39.4 Å². The number of hydrogen-bond donors (Lipinski definition) is 2. The van der Waals surface area contributed by atoms with E-state index in [1.165, 1.54) is 17.3 Å². The summed E-state index contributed by atoms with van der Waals surface area (Å²) in [6.45, 7) is 2.04. The molecule has 2 N–H and O–H groups in total. The Morgan fingerprint density at radius 2 is 1.97 bits per heavy atom. The fourth-order valence-electron chi connectivity index (χ4n) is 3.75. The van der Waals surface area contributed by atoms with Gasteiger partial charge in [-0.1, -0.05) is 41.6 Å². The number of ether oxygens (including phenoxy) is 2. The molecule has 0 unspecified atom stereocenters. The Kier molecular flexibility index (Phi) is 5.99. The van der Waals surface area contributed by atoms with E-state index in [9.17, 15) is 9.59 Å². The molecule has 1 aliphatic rings. The van der Waals surface area contributed by atoms with Gasteiger partial charge in [0.2, 0.25) is 5.91 Å². The molecule has 0 saturated heterocycles. The first-order valence-electron chi connectivity index (χ1n) is 9.83. The number of amides is 1. The minimum Gasteiger partial charge on any atom is -0.497 e. The molecule has 1 aromatic heterocycles. The number of methoxy groups -OCH3 is 2. The first kappa shape index (κ1) is 21.0. The second kappa shape index (κ2) is 8.85. The quantitative estimate of drug-likeness (QED) is 0.449. The van der Waals surface area contributed by atoms with Gasteiger partial charge >= 0.3 is 0 Å². The van der Waals surface area contributed by atoms with Crippen molar-refractivity contribution in [2.75, 3.05) is 19.5 Å². The predicted molar refractivity (Wildman–Crippen MR) is 120 cm³/mol. The van der Waals surface area contributed by atoms with Gasteiger partial charge in [-0.3, -0.25) is 9.59 Å². The second-order valence-corrected chi connectivity index (χ2v) is 8.29. The lowest BCUT2D eigenvalue weighted by atomic mass is 9.86. The van der Waals surface area contributed by atoms with Gasteiger partial charge in [-0.2, -0.15) is 0 Å². The lowest BCUT2D eigenvalue weighted by molar-refractivity contribution is -0.116. The van der Waals surface area contributed by atoms with Crippen LogP contribution in [-0.2, 0) is 10.5 Å². The third-order valence-corrected chi connectivity index (χ3v) is 6.14. The number of aromatic amines is 1. The number of nitrogens with zero attached hydrogens (tertiary/aromatic N) is 1. The van der Waals surface area contributed by atoms with Gasteiger partial charge in [0, 0.05) is 23.7 Å². The van der Waals surface area contributed by atoms with Crippen molar-refractivity contribution in [2.24, 2.45) is 0 Å². The van der Waals surface area contributed by atoms with E-state index in [4.69, 9.17) is 9.47 Å². The standard InChI is InChI=1S/C23H23N3O4S/c1-13-5-4-6-14(9-13)12-31-23-25-21-20(22(28)26-23)17(11-19(27)24-21)16-10-15(29-2)7-8-18(16)30-3/h4-10,17H,11-12H2,1-3H3,(H2,24,25,26,27,28)/t17-/m1/s1. The van der Waals surface area contributed by atoms with Gasteiger partial charge in [0.25, 0.3) is 5.56 Å². The second-order valence-electron chi connectivity index (χ2n) is 7.32. The van der Waals surface area contributed by atoms with Crippen molar-refractivity contribution >= 4 is 23.5 Å². The fourth-order valence-corrected chi connectivity index (χ4v) is 4.55. The van der Waals surface area contributed by atoms with Crippen molar-refractivity contribution in [1.82, 2.24) is 9.97 Å². The van der Waals surface area contributed by atoms with Crippen LogP contribution in [-0.4, -0.2) is 30.1 Å². The number of aromatic nitrogens is 2. The van der Waals surface area contributed by atoms with Gasteiger partial charge in [-0.15, -0.1) is 0 Å². The van der Waals surface area contributed by atoms with Crippen molar-refractivity contribution < 1.29 is 14.3 Å². The molecule has 31 heavy (non-hydrogen) atoms. The van der Waals surface area contributed by atoms with E-state index in [-0.39, 0.29) is 17.9 Å². The molecular weight excluding hydrogens is 414 g/mol. The number of nitrogens with one attached hydrogen (secondary N) is 2. The number of rotatable bonds is 6. The number of carbonyl (C=O) groups excluding carboxylic acids is 1. The highest BCUT2D eigenvalue weighted by molar-refractivity contribution is 7.98. The normalized spacial score (nSPS) is 15.2. The van der Waals surface area contributed by atoms with Crippen LogP contribution in [0.25, 0.3) is 0 Å². The third-order valence-electron chi connectivity index (χ3n) is 5.20. The van der Waals surface area contributed by atoms with Crippen LogP contribution in [0.2, 0.25) is 0 Å². The van der Waals surface area contributed by atoms with Crippen LogP contribution >= 0.6 is 11.8 Å². The number of fused-ring (bicyclic) bond motifs is 1. The van der Waals surface area contributed by atoms with Crippen molar-refractivity contribution in [3.05, 3.63) is 75.1 Å².